The molecule has 0 unspecified atom stereocenters. The molecule has 0 radical (unpaired) electrons. The highest BCUT2D eigenvalue weighted by Crippen LogP contribution is 2.20. The third-order valence-electron chi connectivity index (χ3n) is 2.82. The number of benzene rings is 1. The minimum absolute atomic E-state index is 0.00413. The van der Waals surface area contributed by atoms with E-state index in [-0.39, 0.29) is 16.4 Å². The zero-order valence-corrected chi connectivity index (χ0v) is 13.5. The Hall–Kier alpha value is -2.25. The molecule has 0 saturated carbocycles. The fourth-order valence-corrected chi connectivity index (χ4v) is 2.53. The fourth-order valence-electron chi connectivity index (χ4n) is 1.70. The van der Waals surface area contributed by atoms with Gasteiger partial charge in [0.2, 0.25) is 0 Å². The average Bonchev–Trinajstić information content (AvgIpc) is 2.95. The van der Waals surface area contributed by atoms with Crippen LogP contribution in [0.4, 0.5) is 14.5 Å². The lowest BCUT2D eigenvalue weighted by molar-refractivity contribution is -0.113. The van der Waals surface area contributed by atoms with E-state index in [1.807, 2.05) is 0 Å². The molecule has 0 saturated heterocycles. The predicted octanol–water partition coefficient (Wildman–Crippen LogP) is 3.79. The van der Waals surface area contributed by atoms with Gasteiger partial charge in [-0.05, 0) is 36.4 Å². The topological polar surface area (TPSA) is 65.0 Å². The Morgan fingerprint density at radius 1 is 1.30 bits per heavy atom. The first-order valence-electron chi connectivity index (χ1n) is 6.41. The van der Waals surface area contributed by atoms with Gasteiger partial charge < -0.3 is 10.6 Å². The van der Waals surface area contributed by atoms with Crippen LogP contribution in [0.3, 0.4) is 0 Å². The molecule has 0 fully saturated rings. The van der Waals surface area contributed by atoms with Crippen LogP contribution in [0.25, 0.3) is 0 Å². The molecule has 1 heterocycles. The quantitative estimate of drug-likeness (QED) is 0.564. The maximum absolute atomic E-state index is 13.1. The number of halogens is 3. The smallest absolute Gasteiger partial charge is 0.271 e. The first-order chi connectivity index (χ1) is 10.9. The third kappa shape index (κ3) is 4.37. The molecule has 1 aromatic carbocycles. The second-order valence-corrected chi connectivity index (χ2v) is 5.85. The van der Waals surface area contributed by atoms with E-state index in [1.54, 1.807) is 0 Å². The summed E-state index contributed by atoms with van der Waals surface area (Å²) in [5, 5.41) is 12.6. The van der Waals surface area contributed by atoms with Crippen molar-refractivity contribution >= 4 is 40.2 Å². The third-order valence-corrected chi connectivity index (χ3v) is 4.02. The number of hydrogen-bond donors (Lipinski definition) is 3. The Bertz CT molecular complexity index is 789. The number of amides is 1. The molecular weight excluding hydrogens is 344 g/mol. The van der Waals surface area contributed by atoms with Crippen molar-refractivity contribution in [2.24, 2.45) is 0 Å². The molecule has 23 heavy (non-hydrogen) atoms. The van der Waals surface area contributed by atoms with Crippen LogP contribution in [-0.4, -0.2) is 18.7 Å². The zero-order chi connectivity index (χ0) is 17.0. The summed E-state index contributed by atoms with van der Waals surface area (Å²) in [6.07, 6.45) is 1.28. The largest absolute Gasteiger partial charge is 0.384 e. The van der Waals surface area contributed by atoms with Gasteiger partial charge in [0.25, 0.3) is 5.91 Å². The Balaban J connectivity index is 2.15. The van der Waals surface area contributed by atoms with Crippen molar-refractivity contribution in [1.29, 1.82) is 5.41 Å². The van der Waals surface area contributed by atoms with Crippen molar-refractivity contribution < 1.29 is 13.6 Å². The van der Waals surface area contributed by atoms with Crippen molar-refractivity contribution in [3.63, 3.8) is 0 Å². The van der Waals surface area contributed by atoms with Gasteiger partial charge in [-0.1, -0.05) is 11.6 Å². The van der Waals surface area contributed by atoms with Crippen molar-refractivity contribution in [2.45, 2.75) is 0 Å². The molecule has 0 aliphatic carbocycles. The van der Waals surface area contributed by atoms with Crippen LogP contribution in [0, 0.1) is 16.4 Å². The Labute approximate surface area is 140 Å². The van der Waals surface area contributed by atoms with Crippen molar-refractivity contribution in [3.05, 3.63) is 63.0 Å². The van der Waals surface area contributed by atoms with E-state index in [0.29, 0.717) is 10.6 Å². The van der Waals surface area contributed by atoms with Gasteiger partial charge in [-0.25, -0.2) is 4.39 Å². The molecule has 0 spiro atoms. The lowest BCUT2D eigenvalue weighted by Crippen LogP contribution is -2.24. The average molecular weight is 356 g/mol. The summed E-state index contributed by atoms with van der Waals surface area (Å²) in [6, 6.07) is 6.50. The fraction of sp³-hybridized carbons (Fsp3) is 0.0667. The maximum atomic E-state index is 13.1. The van der Waals surface area contributed by atoms with Gasteiger partial charge in [0.1, 0.15) is 11.5 Å². The first kappa shape index (κ1) is 17.1. The summed E-state index contributed by atoms with van der Waals surface area (Å²) < 4.78 is 26.1. The van der Waals surface area contributed by atoms with Crippen LogP contribution in [0.2, 0.25) is 5.02 Å². The molecule has 120 valence electrons. The number of carbonyl (C=O) groups excluding carboxylic acids is 1. The Morgan fingerprint density at radius 3 is 2.61 bits per heavy atom. The van der Waals surface area contributed by atoms with Gasteiger partial charge in [0.15, 0.2) is 5.13 Å². The van der Waals surface area contributed by atoms with Gasteiger partial charge in [0, 0.05) is 12.7 Å². The van der Waals surface area contributed by atoms with E-state index in [9.17, 15) is 13.6 Å². The summed E-state index contributed by atoms with van der Waals surface area (Å²) in [4.78, 5) is 12.6. The number of nitrogens with one attached hydrogen (secondary N) is 3. The summed E-state index contributed by atoms with van der Waals surface area (Å²) in [6.45, 7) is 0. The number of carbonyl (C=O) groups is 1. The SMILES string of the molecule is CN/C(=C\C(=N)c1ccc(F)s1)C(=O)Nc1ccc(F)c(Cl)c1. The van der Waals surface area contributed by atoms with E-state index in [0.717, 1.165) is 17.4 Å². The van der Waals surface area contributed by atoms with Gasteiger partial charge in [-0.15, -0.1) is 11.3 Å². The van der Waals surface area contributed by atoms with Crippen molar-refractivity contribution in [2.75, 3.05) is 12.4 Å². The minimum Gasteiger partial charge on any atom is -0.384 e. The van der Waals surface area contributed by atoms with E-state index in [1.165, 1.54) is 37.4 Å². The summed E-state index contributed by atoms with van der Waals surface area (Å²) in [5.74, 6) is -1.12. The van der Waals surface area contributed by atoms with Crippen molar-refractivity contribution in [3.8, 4) is 0 Å². The highest BCUT2D eigenvalue weighted by molar-refractivity contribution is 7.12. The van der Waals surface area contributed by atoms with E-state index in [4.69, 9.17) is 17.0 Å². The Kier molecular flexibility index (Phi) is 5.46. The number of anilines is 1. The monoisotopic (exact) mass is 355 g/mol. The van der Waals surface area contributed by atoms with Crippen LogP contribution >= 0.6 is 22.9 Å². The van der Waals surface area contributed by atoms with Crippen LogP contribution in [0.1, 0.15) is 4.88 Å². The summed E-state index contributed by atoms with van der Waals surface area (Å²) in [7, 11) is 1.52. The number of likely N-dealkylation sites (N-methyl/N-ethyl adjacent to an activating group) is 1. The standard InChI is InChI=1S/C15H12ClF2N3OS/c1-20-12(7-11(19)13-4-5-14(18)23-13)15(22)21-8-2-3-10(17)9(16)6-8/h2-7,19-20H,1H3,(H,21,22)/b12-7-,19-11?. The highest BCUT2D eigenvalue weighted by atomic mass is 35.5. The van der Waals surface area contributed by atoms with E-state index >= 15 is 0 Å². The molecule has 0 aliphatic rings. The van der Waals surface area contributed by atoms with E-state index in [2.05, 4.69) is 10.6 Å². The van der Waals surface area contributed by atoms with Gasteiger partial charge in [0.05, 0.1) is 15.6 Å². The highest BCUT2D eigenvalue weighted by Gasteiger charge is 2.12. The molecule has 0 aliphatic heterocycles. The molecule has 1 aromatic heterocycles. The van der Waals surface area contributed by atoms with Crippen LogP contribution in [0.15, 0.2) is 42.1 Å². The van der Waals surface area contributed by atoms with Crippen molar-refractivity contribution in [1.82, 2.24) is 5.32 Å². The molecular formula is C15H12ClF2N3OS. The first-order valence-corrected chi connectivity index (χ1v) is 7.60. The molecule has 3 N–H and O–H groups in total. The summed E-state index contributed by atoms with van der Waals surface area (Å²) >= 11 is 6.47. The Morgan fingerprint density at radius 2 is 2.04 bits per heavy atom. The van der Waals surface area contributed by atoms with Gasteiger partial charge >= 0.3 is 0 Å². The zero-order valence-electron chi connectivity index (χ0n) is 11.9. The number of rotatable bonds is 5. The molecule has 0 bridgehead atoms. The number of thiophene rings is 1. The van der Waals surface area contributed by atoms with Gasteiger partial charge in [-0.2, -0.15) is 4.39 Å². The van der Waals surface area contributed by atoms with Crippen LogP contribution in [0.5, 0.6) is 0 Å². The molecule has 2 aromatic rings. The van der Waals surface area contributed by atoms with E-state index < -0.39 is 16.9 Å². The molecule has 8 heteroatoms. The number of allylic oxidation sites excluding steroid dienone is 1. The van der Waals surface area contributed by atoms with Crippen LogP contribution < -0.4 is 10.6 Å². The number of hydrogen-bond acceptors (Lipinski definition) is 4. The lowest BCUT2D eigenvalue weighted by atomic mass is 10.2. The second kappa shape index (κ2) is 7.34. The maximum Gasteiger partial charge on any atom is 0.271 e. The lowest BCUT2D eigenvalue weighted by Gasteiger charge is -2.09. The molecule has 4 nitrogen and oxygen atoms in total. The van der Waals surface area contributed by atoms with Gasteiger partial charge in [-0.3, -0.25) is 10.2 Å². The predicted molar refractivity (Wildman–Crippen MR) is 88.3 cm³/mol. The van der Waals surface area contributed by atoms with Crippen LogP contribution in [-0.2, 0) is 4.79 Å². The molecule has 1 amide bonds. The summed E-state index contributed by atoms with van der Waals surface area (Å²) in [5.41, 5.74) is 0.413. The normalized spacial score (nSPS) is 11.2. The minimum atomic E-state index is -0.587. The second-order valence-electron chi connectivity index (χ2n) is 4.41. The molecule has 0 atom stereocenters. The molecule has 2 rings (SSSR count).